The number of aryl methyl sites for hydroxylation is 1. The number of nitrogens with zero attached hydrogens (tertiary/aromatic N) is 3. The van der Waals surface area contributed by atoms with Crippen molar-refractivity contribution in [1.29, 1.82) is 0 Å². The van der Waals surface area contributed by atoms with Crippen LogP contribution in [0.1, 0.15) is 31.3 Å². The summed E-state index contributed by atoms with van der Waals surface area (Å²) >= 11 is 0. The fourth-order valence-corrected chi connectivity index (χ4v) is 1.95. The van der Waals surface area contributed by atoms with Crippen LogP contribution in [0.25, 0.3) is 0 Å². The Kier molecular flexibility index (Phi) is 3.91. The van der Waals surface area contributed by atoms with Gasteiger partial charge in [0.15, 0.2) is 0 Å². The summed E-state index contributed by atoms with van der Waals surface area (Å²) in [4.78, 5) is 11.2. The first kappa shape index (κ1) is 12.3. The Bertz CT molecular complexity index is 375. The summed E-state index contributed by atoms with van der Waals surface area (Å²) < 4.78 is 0. The summed E-state index contributed by atoms with van der Waals surface area (Å²) in [6, 6.07) is 1.85. The zero-order chi connectivity index (χ0) is 12.3. The summed E-state index contributed by atoms with van der Waals surface area (Å²) in [5.74, 6) is 7.82. The summed E-state index contributed by atoms with van der Waals surface area (Å²) in [5.41, 5.74) is 3.53. The maximum absolute atomic E-state index is 5.39. The minimum atomic E-state index is 0.690. The average molecular weight is 235 g/mol. The number of nitrogens with one attached hydrogen (secondary N) is 1. The molecule has 1 aliphatic rings. The smallest absolute Gasteiger partial charge is 0.145 e. The molecule has 94 valence electrons. The van der Waals surface area contributed by atoms with Crippen LogP contribution in [0.2, 0.25) is 0 Å². The first-order valence-electron chi connectivity index (χ1n) is 6.24. The summed E-state index contributed by atoms with van der Waals surface area (Å²) in [7, 11) is 0. The van der Waals surface area contributed by atoms with Crippen molar-refractivity contribution in [1.82, 2.24) is 14.9 Å². The number of anilines is 1. The van der Waals surface area contributed by atoms with Crippen LogP contribution in [-0.2, 0) is 6.54 Å². The van der Waals surface area contributed by atoms with Crippen LogP contribution < -0.4 is 11.3 Å². The van der Waals surface area contributed by atoms with Crippen molar-refractivity contribution in [2.24, 2.45) is 11.8 Å². The minimum absolute atomic E-state index is 0.690. The molecule has 5 heteroatoms. The largest absolute Gasteiger partial charge is 0.308 e. The monoisotopic (exact) mass is 235 g/mol. The number of nitrogen functional groups attached to an aromatic ring is 1. The van der Waals surface area contributed by atoms with Gasteiger partial charge in [0.25, 0.3) is 0 Å². The molecule has 1 aromatic rings. The second kappa shape index (κ2) is 5.42. The molecule has 0 aliphatic heterocycles. The van der Waals surface area contributed by atoms with Crippen molar-refractivity contribution < 1.29 is 0 Å². The van der Waals surface area contributed by atoms with E-state index in [0.29, 0.717) is 5.82 Å². The van der Waals surface area contributed by atoms with E-state index in [1.807, 2.05) is 13.0 Å². The molecule has 3 N–H and O–H groups in total. The highest BCUT2D eigenvalue weighted by Gasteiger charge is 2.24. The Morgan fingerprint density at radius 3 is 2.82 bits per heavy atom. The van der Waals surface area contributed by atoms with Crippen molar-refractivity contribution in [3.8, 4) is 0 Å². The molecule has 0 radical (unpaired) electrons. The molecule has 0 saturated heterocycles. The Hall–Kier alpha value is -1.20. The van der Waals surface area contributed by atoms with E-state index < -0.39 is 0 Å². The van der Waals surface area contributed by atoms with Gasteiger partial charge in [0.2, 0.25) is 0 Å². The minimum Gasteiger partial charge on any atom is -0.308 e. The maximum Gasteiger partial charge on any atom is 0.145 e. The van der Waals surface area contributed by atoms with Gasteiger partial charge < -0.3 is 5.43 Å². The van der Waals surface area contributed by atoms with Crippen molar-refractivity contribution in [2.45, 2.75) is 33.2 Å². The van der Waals surface area contributed by atoms with Crippen molar-refractivity contribution in [3.05, 3.63) is 17.6 Å². The third-order valence-electron chi connectivity index (χ3n) is 3.07. The van der Waals surface area contributed by atoms with Gasteiger partial charge in [-0.25, -0.2) is 15.8 Å². The van der Waals surface area contributed by atoms with E-state index in [2.05, 4.69) is 27.2 Å². The van der Waals surface area contributed by atoms with Gasteiger partial charge in [-0.15, -0.1) is 0 Å². The molecule has 1 heterocycles. The molecule has 0 atom stereocenters. The first-order chi connectivity index (χ1) is 8.21. The van der Waals surface area contributed by atoms with Gasteiger partial charge in [-0.1, -0.05) is 6.92 Å². The molecular formula is C12H21N5. The van der Waals surface area contributed by atoms with E-state index in [9.17, 15) is 0 Å². The van der Waals surface area contributed by atoms with Crippen LogP contribution in [0.4, 0.5) is 5.82 Å². The fraction of sp³-hybridized carbons (Fsp3) is 0.667. The molecule has 0 bridgehead atoms. The fourth-order valence-electron chi connectivity index (χ4n) is 1.95. The molecule has 0 unspecified atom stereocenters. The SMILES string of the molecule is CCN(Cc1nc(C)cc(NN)n1)CC1CC1. The number of hydrogen-bond acceptors (Lipinski definition) is 5. The van der Waals surface area contributed by atoms with Gasteiger partial charge in [-0.2, -0.15) is 0 Å². The molecule has 1 aromatic heterocycles. The maximum atomic E-state index is 5.39. The van der Waals surface area contributed by atoms with Gasteiger partial charge in [0.1, 0.15) is 11.6 Å². The Morgan fingerprint density at radius 1 is 1.47 bits per heavy atom. The molecule has 1 fully saturated rings. The molecule has 5 nitrogen and oxygen atoms in total. The average Bonchev–Trinajstić information content (AvgIpc) is 3.11. The van der Waals surface area contributed by atoms with Gasteiger partial charge in [0.05, 0.1) is 6.54 Å². The molecule has 2 rings (SSSR count). The second-order valence-electron chi connectivity index (χ2n) is 4.73. The van der Waals surface area contributed by atoms with E-state index >= 15 is 0 Å². The third kappa shape index (κ3) is 3.64. The van der Waals surface area contributed by atoms with E-state index in [1.54, 1.807) is 0 Å². The number of nitrogens with two attached hydrogens (primary N) is 1. The van der Waals surface area contributed by atoms with Crippen LogP contribution >= 0.6 is 0 Å². The van der Waals surface area contributed by atoms with Crippen LogP contribution in [0.3, 0.4) is 0 Å². The molecule has 0 spiro atoms. The van der Waals surface area contributed by atoms with Gasteiger partial charge in [-0.05, 0) is 32.2 Å². The van der Waals surface area contributed by atoms with Gasteiger partial charge >= 0.3 is 0 Å². The van der Waals surface area contributed by atoms with Crippen LogP contribution in [0.15, 0.2) is 6.07 Å². The molecule has 0 amide bonds. The molecular weight excluding hydrogens is 214 g/mol. The quantitative estimate of drug-likeness (QED) is 0.574. The number of rotatable bonds is 6. The Balaban J connectivity index is 2.01. The van der Waals surface area contributed by atoms with Crippen molar-refractivity contribution in [2.75, 3.05) is 18.5 Å². The highest BCUT2D eigenvalue weighted by atomic mass is 15.3. The van der Waals surface area contributed by atoms with Crippen molar-refractivity contribution >= 4 is 5.82 Å². The highest BCUT2D eigenvalue weighted by molar-refractivity contribution is 5.33. The van der Waals surface area contributed by atoms with Crippen LogP contribution in [0.5, 0.6) is 0 Å². The number of hydrazine groups is 1. The van der Waals surface area contributed by atoms with Gasteiger partial charge in [-0.3, -0.25) is 4.90 Å². The standard InChI is InChI=1S/C12H21N5/c1-3-17(7-10-4-5-10)8-12-14-9(2)6-11(15-12)16-13/h6,10H,3-5,7-8,13H2,1-2H3,(H,14,15,16). The normalized spacial score (nSPS) is 15.3. The highest BCUT2D eigenvalue weighted by Crippen LogP contribution is 2.29. The first-order valence-corrected chi connectivity index (χ1v) is 6.24. The zero-order valence-corrected chi connectivity index (χ0v) is 10.6. The van der Waals surface area contributed by atoms with E-state index in [1.165, 1.54) is 19.4 Å². The summed E-state index contributed by atoms with van der Waals surface area (Å²) in [5, 5.41) is 0. The molecule has 0 aromatic carbocycles. The molecule has 1 aliphatic carbocycles. The molecule has 17 heavy (non-hydrogen) atoms. The third-order valence-corrected chi connectivity index (χ3v) is 3.07. The second-order valence-corrected chi connectivity index (χ2v) is 4.73. The predicted molar refractivity (Wildman–Crippen MR) is 68.3 cm³/mol. The Morgan fingerprint density at radius 2 is 2.24 bits per heavy atom. The lowest BCUT2D eigenvalue weighted by molar-refractivity contribution is 0.262. The lowest BCUT2D eigenvalue weighted by Gasteiger charge is -2.19. The number of aromatic nitrogens is 2. The zero-order valence-electron chi connectivity index (χ0n) is 10.6. The lowest BCUT2D eigenvalue weighted by atomic mass is 10.3. The van der Waals surface area contributed by atoms with E-state index in [-0.39, 0.29) is 0 Å². The number of hydrogen-bond donors (Lipinski definition) is 2. The topological polar surface area (TPSA) is 67.1 Å². The van der Waals surface area contributed by atoms with E-state index in [4.69, 9.17) is 5.84 Å². The van der Waals surface area contributed by atoms with Crippen LogP contribution in [0, 0.1) is 12.8 Å². The van der Waals surface area contributed by atoms with Crippen molar-refractivity contribution in [3.63, 3.8) is 0 Å². The predicted octanol–water partition coefficient (Wildman–Crippen LogP) is 1.30. The van der Waals surface area contributed by atoms with Gasteiger partial charge in [0, 0.05) is 18.3 Å². The summed E-state index contributed by atoms with van der Waals surface area (Å²) in [6.45, 7) is 7.16. The van der Waals surface area contributed by atoms with Crippen LogP contribution in [-0.4, -0.2) is 28.0 Å². The van der Waals surface area contributed by atoms with E-state index in [0.717, 1.165) is 30.5 Å². The summed E-state index contributed by atoms with van der Waals surface area (Å²) in [6.07, 6.45) is 2.75. The molecule has 1 saturated carbocycles. The Labute approximate surface area is 102 Å². The lowest BCUT2D eigenvalue weighted by Crippen LogP contribution is -2.26.